The first-order valence-electron chi connectivity index (χ1n) is 13.8. The zero-order chi connectivity index (χ0) is 28.8. The van der Waals surface area contributed by atoms with Gasteiger partial charge in [0, 0.05) is 17.9 Å². The molecule has 0 aromatic carbocycles. The van der Waals surface area contributed by atoms with Crippen LogP contribution in [0.25, 0.3) is 0 Å². The number of unbranched alkanes of at least 4 members (excludes halogenated alkanes) is 6. The number of hydrogen-bond donors (Lipinski definition) is 0. The Hall–Kier alpha value is -0.226. The van der Waals surface area contributed by atoms with Gasteiger partial charge in [-0.2, -0.15) is 0 Å². The van der Waals surface area contributed by atoms with Gasteiger partial charge in [-0.15, -0.1) is 0 Å². The first-order valence-corrected chi connectivity index (χ1v) is 13.8. The molecule has 6 nitrogen and oxygen atoms in total. The Balaban J connectivity index is -0.000000218. The van der Waals surface area contributed by atoms with Crippen LogP contribution in [-0.4, -0.2) is 17.9 Å². The first kappa shape index (κ1) is 43.8. The number of carboxylic acids is 3. The topological polar surface area (TPSA) is 120 Å². The first-order chi connectivity index (χ1) is 16.2. The van der Waals surface area contributed by atoms with Crippen LogP contribution in [-0.2, 0) is 14.4 Å². The maximum absolute atomic E-state index is 10.0. The van der Waals surface area contributed by atoms with E-state index in [-0.39, 0.29) is 60.6 Å². The molecular weight excluding hydrogens is 597 g/mol. The molecule has 0 aliphatic rings. The van der Waals surface area contributed by atoms with Crippen molar-refractivity contribution in [3.8, 4) is 0 Å². The number of carbonyl (C=O) groups excluding carboxylic acids is 3. The fourth-order valence-corrected chi connectivity index (χ4v) is 3.30. The van der Waals surface area contributed by atoms with Gasteiger partial charge in [-0.1, -0.05) is 101 Å². The second kappa shape index (κ2) is 24.8. The maximum atomic E-state index is 10.0. The van der Waals surface area contributed by atoms with Crippen molar-refractivity contribution >= 4 is 17.9 Å². The molecule has 0 aliphatic carbocycles. The molecule has 0 aliphatic heterocycles. The average Bonchev–Trinajstić information content (AvgIpc) is 2.65. The Morgan fingerprint density at radius 1 is 0.405 bits per heavy atom. The molecule has 0 saturated heterocycles. The van der Waals surface area contributed by atoms with Gasteiger partial charge in [-0.25, -0.2) is 0 Å². The Morgan fingerprint density at radius 3 is 0.730 bits per heavy atom. The molecule has 0 fully saturated rings. The largest absolute Gasteiger partial charge is 3.00 e. The van der Waals surface area contributed by atoms with E-state index in [2.05, 4.69) is 62.3 Å². The van der Waals surface area contributed by atoms with E-state index in [1.165, 1.54) is 19.3 Å². The zero-order valence-electron chi connectivity index (χ0n) is 25.6. The molecule has 0 aromatic heterocycles. The summed E-state index contributed by atoms with van der Waals surface area (Å²) in [5, 5.41) is 30.1. The van der Waals surface area contributed by atoms with E-state index < -0.39 is 17.9 Å². The van der Waals surface area contributed by atoms with Gasteiger partial charge < -0.3 is 29.7 Å². The monoisotopic (exact) mass is 654 g/mol. The van der Waals surface area contributed by atoms with Gasteiger partial charge in [0.2, 0.25) is 0 Å². The fourth-order valence-electron chi connectivity index (χ4n) is 3.30. The summed E-state index contributed by atoms with van der Waals surface area (Å²) in [7, 11) is 0. The van der Waals surface area contributed by atoms with E-state index in [0.29, 0.717) is 16.2 Å². The molecule has 0 spiro atoms. The number of carbonyl (C=O) groups is 3. The molecule has 37 heavy (non-hydrogen) atoms. The number of carboxylic acid groups (broad SMARTS) is 3. The molecule has 0 bridgehead atoms. The second-order valence-corrected chi connectivity index (χ2v) is 13.5. The Morgan fingerprint density at radius 2 is 0.595 bits per heavy atom. The van der Waals surface area contributed by atoms with Gasteiger partial charge in [0.1, 0.15) is 0 Å². The van der Waals surface area contributed by atoms with Gasteiger partial charge in [0.05, 0.1) is 0 Å². The fraction of sp³-hybridized carbons (Fsp3) is 0.900. The molecule has 0 amide bonds. The Bertz CT molecular complexity index is 487. The Kier molecular flexibility index (Phi) is 29.4. The minimum Gasteiger partial charge on any atom is -0.550 e. The predicted molar refractivity (Wildman–Crippen MR) is 143 cm³/mol. The van der Waals surface area contributed by atoms with Gasteiger partial charge in [0.15, 0.2) is 0 Å². The standard InChI is InChI=1S/3C10H20O2.Pr/c3*1-10(2,3)8-6-4-5-7-9(11)12;/h3*4-8H2,1-3H3,(H,11,12);/q;;;+3/p-3. The summed E-state index contributed by atoms with van der Waals surface area (Å²) in [6, 6.07) is 0. The van der Waals surface area contributed by atoms with Crippen molar-refractivity contribution in [1.29, 1.82) is 0 Å². The van der Waals surface area contributed by atoms with E-state index >= 15 is 0 Å². The summed E-state index contributed by atoms with van der Waals surface area (Å²) < 4.78 is 0. The van der Waals surface area contributed by atoms with Gasteiger partial charge in [0.25, 0.3) is 0 Å². The van der Waals surface area contributed by atoms with Gasteiger partial charge in [-0.3, -0.25) is 0 Å². The molecule has 0 rings (SSSR count). The van der Waals surface area contributed by atoms with E-state index in [4.69, 9.17) is 0 Å². The molecule has 0 aromatic rings. The van der Waals surface area contributed by atoms with Gasteiger partial charge >= 0.3 is 41.3 Å². The van der Waals surface area contributed by atoms with Crippen LogP contribution in [0.15, 0.2) is 0 Å². The molecule has 0 unspecified atom stereocenters. The summed E-state index contributed by atoms with van der Waals surface area (Å²) in [6.07, 6.45) is 12.8. The van der Waals surface area contributed by atoms with Crippen LogP contribution < -0.4 is 15.3 Å². The summed E-state index contributed by atoms with van der Waals surface area (Å²) in [4.78, 5) is 30.1. The van der Waals surface area contributed by atoms with E-state index in [1.54, 1.807) is 0 Å². The van der Waals surface area contributed by atoms with Crippen LogP contribution in [0.2, 0.25) is 0 Å². The minimum atomic E-state index is -0.925. The summed E-state index contributed by atoms with van der Waals surface area (Å²) in [5.74, 6) is -2.78. The number of rotatable bonds is 15. The number of aliphatic carboxylic acids is 3. The SMILES string of the molecule is CC(C)(C)CCCCCC(=O)[O-].CC(C)(C)CCCCCC(=O)[O-].CC(C)(C)CCCCCC(=O)[O-].[Pr+3]. The number of hydrogen-bond acceptors (Lipinski definition) is 6. The van der Waals surface area contributed by atoms with E-state index in [9.17, 15) is 29.7 Å². The third-order valence-corrected chi connectivity index (χ3v) is 5.42. The van der Waals surface area contributed by atoms with Crippen molar-refractivity contribution in [2.45, 2.75) is 159 Å². The summed E-state index contributed by atoms with van der Waals surface area (Å²) >= 11 is 0. The van der Waals surface area contributed by atoms with Crippen molar-refractivity contribution in [2.24, 2.45) is 16.2 Å². The van der Waals surface area contributed by atoms with Crippen LogP contribution in [0.5, 0.6) is 0 Å². The second-order valence-electron chi connectivity index (χ2n) is 13.5. The molecule has 7 heteroatoms. The minimum absolute atomic E-state index is 0. The third kappa shape index (κ3) is 56.9. The summed E-state index contributed by atoms with van der Waals surface area (Å²) in [5.41, 5.74) is 1.13. The molecule has 0 N–H and O–H groups in total. The van der Waals surface area contributed by atoms with Crippen molar-refractivity contribution < 1.29 is 71.0 Å². The smallest absolute Gasteiger partial charge is 0.550 e. The third-order valence-electron chi connectivity index (χ3n) is 5.42. The van der Waals surface area contributed by atoms with Crippen LogP contribution in [0.3, 0.4) is 0 Å². The van der Waals surface area contributed by atoms with Gasteiger partial charge in [-0.05, 0) is 74.0 Å². The van der Waals surface area contributed by atoms with Crippen molar-refractivity contribution in [2.75, 3.05) is 0 Å². The van der Waals surface area contributed by atoms with E-state index in [1.807, 2.05) is 0 Å². The molecule has 0 radical (unpaired) electrons. The molecule has 0 heterocycles. The van der Waals surface area contributed by atoms with Crippen LogP contribution in [0.4, 0.5) is 0 Å². The summed E-state index contributed by atoms with van der Waals surface area (Å²) in [6.45, 7) is 19.8. The quantitative estimate of drug-likeness (QED) is 0.224. The van der Waals surface area contributed by atoms with Crippen LogP contribution in [0, 0.1) is 57.5 Å². The molecular formula is C30H57O6Pr. The normalized spacial score (nSPS) is 11.3. The molecule has 216 valence electrons. The molecule has 0 saturated carbocycles. The Labute approximate surface area is 262 Å². The van der Waals surface area contributed by atoms with Crippen LogP contribution in [0.1, 0.15) is 159 Å². The van der Waals surface area contributed by atoms with Crippen molar-refractivity contribution in [3.05, 3.63) is 0 Å². The predicted octanol–water partition coefficient (Wildman–Crippen LogP) is 5.20. The van der Waals surface area contributed by atoms with Crippen molar-refractivity contribution in [1.82, 2.24) is 0 Å². The average molecular weight is 655 g/mol. The molecule has 0 atom stereocenters. The zero-order valence-corrected chi connectivity index (χ0v) is 29.3. The van der Waals surface area contributed by atoms with E-state index in [0.717, 1.165) is 57.8 Å². The van der Waals surface area contributed by atoms with Crippen LogP contribution >= 0.6 is 0 Å². The van der Waals surface area contributed by atoms with Crippen molar-refractivity contribution in [3.63, 3.8) is 0 Å². The maximum Gasteiger partial charge on any atom is 3.00 e.